The Hall–Kier alpha value is -2.31. The lowest BCUT2D eigenvalue weighted by Crippen LogP contribution is -1.92. The molecule has 0 fully saturated rings. The highest BCUT2D eigenvalue weighted by molar-refractivity contribution is 5.53. The average molecular weight is 188 g/mol. The van der Waals surface area contributed by atoms with Crippen LogP contribution < -0.4 is 0 Å². The van der Waals surface area contributed by atoms with Gasteiger partial charge in [0.15, 0.2) is 12.0 Å². The van der Waals surface area contributed by atoms with Crippen LogP contribution in [0.15, 0.2) is 29.4 Å². The summed E-state index contributed by atoms with van der Waals surface area (Å²) in [5.74, 6) is 0.519. The van der Waals surface area contributed by atoms with E-state index in [-0.39, 0.29) is 0 Å². The smallest absolute Gasteiger partial charge is 0.252 e. The molecule has 0 unspecified atom stereocenters. The quantitative estimate of drug-likeness (QED) is 0.541. The standard InChI is InChI=1S/C7H4N6O/c1-2-13-7(8-4-9-13)10-5(1)6-3-14-12-11-6/h1-4H. The van der Waals surface area contributed by atoms with Crippen LogP contribution in [-0.2, 0) is 0 Å². The number of hydrogen-bond acceptors (Lipinski definition) is 6. The molecule has 68 valence electrons. The molecule has 0 amide bonds. The Labute approximate surface area is 77.4 Å². The predicted octanol–water partition coefficient (Wildman–Crippen LogP) is 0.174. The summed E-state index contributed by atoms with van der Waals surface area (Å²) < 4.78 is 6.18. The zero-order valence-corrected chi connectivity index (χ0v) is 6.90. The van der Waals surface area contributed by atoms with Crippen molar-refractivity contribution in [1.82, 2.24) is 30.0 Å². The molecule has 0 spiro atoms. The molecule has 0 radical (unpaired) electrons. The van der Waals surface area contributed by atoms with Gasteiger partial charge in [0.1, 0.15) is 6.33 Å². The first-order valence-corrected chi connectivity index (χ1v) is 3.87. The molecule has 0 aromatic carbocycles. The van der Waals surface area contributed by atoms with E-state index in [4.69, 9.17) is 0 Å². The van der Waals surface area contributed by atoms with Crippen molar-refractivity contribution >= 4 is 5.78 Å². The lowest BCUT2D eigenvalue weighted by atomic mass is 10.3. The van der Waals surface area contributed by atoms with Crippen molar-refractivity contribution in [3.8, 4) is 11.4 Å². The summed E-state index contributed by atoms with van der Waals surface area (Å²) in [6.07, 6.45) is 4.61. The Bertz CT molecular complexity index is 556. The van der Waals surface area contributed by atoms with Gasteiger partial charge in [-0.3, -0.25) is 0 Å². The fourth-order valence-corrected chi connectivity index (χ4v) is 1.13. The van der Waals surface area contributed by atoms with Crippen molar-refractivity contribution in [3.05, 3.63) is 24.9 Å². The molecular formula is C7H4N6O. The minimum absolute atomic E-state index is 0.519. The lowest BCUT2D eigenvalue weighted by molar-refractivity contribution is 0.393. The van der Waals surface area contributed by atoms with Crippen molar-refractivity contribution in [2.75, 3.05) is 0 Å². The van der Waals surface area contributed by atoms with Crippen molar-refractivity contribution < 1.29 is 4.52 Å². The van der Waals surface area contributed by atoms with Crippen molar-refractivity contribution in [2.24, 2.45) is 0 Å². The zero-order valence-electron chi connectivity index (χ0n) is 6.90. The SMILES string of the molecule is c1nc2nc(-c3conn3)ccn2n1. The van der Waals surface area contributed by atoms with E-state index in [1.54, 1.807) is 16.8 Å². The molecular weight excluding hydrogens is 184 g/mol. The first kappa shape index (κ1) is 7.13. The summed E-state index contributed by atoms with van der Waals surface area (Å²) in [6, 6.07) is 1.77. The second-order valence-electron chi connectivity index (χ2n) is 2.61. The van der Waals surface area contributed by atoms with Gasteiger partial charge in [-0.25, -0.2) is 9.50 Å². The Morgan fingerprint density at radius 2 is 2.29 bits per heavy atom. The molecule has 0 atom stereocenters. The molecule has 14 heavy (non-hydrogen) atoms. The highest BCUT2D eigenvalue weighted by atomic mass is 16.5. The molecule has 7 nitrogen and oxygen atoms in total. The van der Waals surface area contributed by atoms with Gasteiger partial charge in [0, 0.05) is 11.5 Å². The van der Waals surface area contributed by atoms with Gasteiger partial charge in [-0.15, -0.1) is 5.10 Å². The Kier molecular flexibility index (Phi) is 1.32. The molecule has 0 aliphatic carbocycles. The van der Waals surface area contributed by atoms with Crippen molar-refractivity contribution in [1.29, 1.82) is 0 Å². The molecule has 0 saturated carbocycles. The molecule has 3 aromatic rings. The van der Waals surface area contributed by atoms with Gasteiger partial charge in [-0.05, 0) is 6.07 Å². The summed E-state index contributed by atoms with van der Waals surface area (Å²) in [7, 11) is 0. The van der Waals surface area contributed by atoms with E-state index in [9.17, 15) is 0 Å². The number of hydrogen-bond donors (Lipinski definition) is 0. The average Bonchev–Trinajstić information content (AvgIpc) is 2.88. The minimum Gasteiger partial charge on any atom is -0.345 e. The maximum absolute atomic E-state index is 4.62. The second-order valence-corrected chi connectivity index (χ2v) is 2.61. The number of rotatable bonds is 1. The third-order valence-electron chi connectivity index (χ3n) is 1.77. The van der Waals surface area contributed by atoms with Crippen LogP contribution in [0.1, 0.15) is 0 Å². The van der Waals surface area contributed by atoms with E-state index in [0.29, 0.717) is 17.2 Å². The van der Waals surface area contributed by atoms with Crippen LogP contribution in [0, 0.1) is 0 Å². The first-order chi connectivity index (χ1) is 6.93. The minimum atomic E-state index is 0.519. The molecule has 0 saturated heterocycles. The van der Waals surface area contributed by atoms with Gasteiger partial charge in [-0.2, -0.15) is 10.1 Å². The van der Waals surface area contributed by atoms with E-state index in [0.717, 1.165) is 0 Å². The van der Waals surface area contributed by atoms with Gasteiger partial charge >= 0.3 is 0 Å². The monoisotopic (exact) mass is 188 g/mol. The van der Waals surface area contributed by atoms with Gasteiger partial charge in [0.2, 0.25) is 0 Å². The molecule has 3 rings (SSSR count). The van der Waals surface area contributed by atoms with Crippen LogP contribution in [0.25, 0.3) is 17.2 Å². The van der Waals surface area contributed by atoms with Crippen LogP contribution in [0.2, 0.25) is 0 Å². The van der Waals surface area contributed by atoms with Crippen LogP contribution in [-0.4, -0.2) is 30.0 Å². The fraction of sp³-hybridized carbons (Fsp3) is 0. The highest BCUT2D eigenvalue weighted by Crippen LogP contribution is 2.12. The normalized spacial score (nSPS) is 10.9. The van der Waals surface area contributed by atoms with Crippen LogP contribution in [0.4, 0.5) is 0 Å². The largest absolute Gasteiger partial charge is 0.345 e. The highest BCUT2D eigenvalue weighted by Gasteiger charge is 2.05. The van der Waals surface area contributed by atoms with E-state index in [1.807, 2.05) is 0 Å². The van der Waals surface area contributed by atoms with Crippen molar-refractivity contribution in [3.63, 3.8) is 0 Å². The zero-order chi connectivity index (χ0) is 9.38. The van der Waals surface area contributed by atoms with E-state index in [2.05, 4.69) is 30.0 Å². The molecule has 0 aliphatic heterocycles. The molecule has 3 aromatic heterocycles. The number of fused-ring (bicyclic) bond motifs is 1. The number of nitrogens with zero attached hydrogens (tertiary/aromatic N) is 6. The van der Waals surface area contributed by atoms with Crippen LogP contribution in [0.5, 0.6) is 0 Å². The van der Waals surface area contributed by atoms with Crippen LogP contribution >= 0.6 is 0 Å². The maximum Gasteiger partial charge on any atom is 0.252 e. The molecule has 3 heterocycles. The van der Waals surface area contributed by atoms with E-state index in [1.165, 1.54) is 12.6 Å². The lowest BCUT2D eigenvalue weighted by Gasteiger charge is -1.93. The van der Waals surface area contributed by atoms with Crippen LogP contribution in [0.3, 0.4) is 0 Å². The summed E-state index contributed by atoms with van der Waals surface area (Å²) in [5.41, 5.74) is 1.24. The summed E-state index contributed by atoms with van der Waals surface area (Å²) in [4.78, 5) is 8.16. The third-order valence-corrected chi connectivity index (χ3v) is 1.77. The van der Waals surface area contributed by atoms with Gasteiger partial charge in [-0.1, -0.05) is 0 Å². The molecule has 0 bridgehead atoms. The Morgan fingerprint density at radius 1 is 1.29 bits per heavy atom. The topological polar surface area (TPSA) is 82.0 Å². The fourth-order valence-electron chi connectivity index (χ4n) is 1.13. The van der Waals surface area contributed by atoms with Gasteiger partial charge in [0.25, 0.3) is 5.78 Å². The number of aromatic nitrogens is 6. The second kappa shape index (κ2) is 2.59. The van der Waals surface area contributed by atoms with Crippen molar-refractivity contribution in [2.45, 2.75) is 0 Å². The molecule has 7 heteroatoms. The third kappa shape index (κ3) is 0.954. The van der Waals surface area contributed by atoms with E-state index < -0.39 is 0 Å². The van der Waals surface area contributed by atoms with Gasteiger partial charge in [0.05, 0.1) is 5.69 Å². The first-order valence-electron chi connectivity index (χ1n) is 3.87. The van der Waals surface area contributed by atoms with Gasteiger partial charge < -0.3 is 4.52 Å². The van der Waals surface area contributed by atoms with E-state index >= 15 is 0 Å². The Morgan fingerprint density at radius 3 is 3.14 bits per heavy atom. The predicted molar refractivity (Wildman–Crippen MR) is 44.1 cm³/mol. The Balaban J connectivity index is 2.23. The summed E-state index contributed by atoms with van der Waals surface area (Å²) in [5, 5.41) is 11.0. The summed E-state index contributed by atoms with van der Waals surface area (Å²) in [6.45, 7) is 0. The molecule has 0 aliphatic rings. The maximum atomic E-state index is 4.62. The molecule has 0 N–H and O–H groups in total. The summed E-state index contributed by atoms with van der Waals surface area (Å²) >= 11 is 0.